The van der Waals surface area contributed by atoms with Crippen LogP contribution >= 0.6 is 11.8 Å². The van der Waals surface area contributed by atoms with Crippen LogP contribution in [0.5, 0.6) is 0 Å². The number of ketones is 1. The number of nitriles is 1. The molecule has 0 unspecified atom stereocenters. The van der Waals surface area contributed by atoms with Gasteiger partial charge >= 0.3 is 0 Å². The number of Topliss-reactive ketones (excluding diaryl/α,β-unsaturated/α-hetero) is 1. The van der Waals surface area contributed by atoms with Crippen molar-refractivity contribution in [3.8, 4) is 6.07 Å². The van der Waals surface area contributed by atoms with Crippen molar-refractivity contribution < 1.29 is 4.79 Å². The van der Waals surface area contributed by atoms with Gasteiger partial charge in [-0.15, -0.1) is 0 Å². The van der Waals surface area contributed by atoms with E-state index in [0.29, 0.717) is 34.6 Å². The van der Waals surface area contributed by atoms with Crippen molar-refractivity contribution in [2.24, 2.45) is 7.05 Å². The predicted molar refractivity (Wildman–Crippen MR) is 119 cm³/mol. The highest BCUT2D eigenvalue weighted by Gasteiger charge is 2.17. The predicted octanol–water partition coefficient (Wildman–Crippen LogP) is 4.09. The van der Waals surface area contributed by atoms with Gasteiger partial charge in [0.15, 0.2) is 10.9 Å². The van der Waals surface area contributed by atoms with Crippen LogP contribution in [0.15, 0.2) is 58.6 Å². The summed E-state index contributed by atoms with van der Waals surface area (Å²) in [6.07, 6.45) is 2.20. The van der Waals surface area contributed by atoms with Gasteiger partial charge in [0.1, 0.15) is 0 Å². The average Bonchev–Trinajstić information content (AvgIpc) is 3.13. The smallest absolute Gasteiger partial charge is 0.261 e. The van der Waals surface area contributed by atoms with Crippen molar-refractivity contribution in [1.82, 2.24) is 14.1 Å². The lowest BCUT2D eigenvalue weighted by atomic mass is 10.1. The normalized spacial score (nSPS) is 11.1. The van der Waals surface area contributed by atoms with E-state index >= 15 is 0 Å². The standard InChI is InChI=1S/C23H20N4O2S/c1-15-8-9-19-17(12-15)22(29)26(2)23(25-19)30-14-21(28)18-13-27(11-5-10-24)20-7-4-3-6-16(18)20/h3-4,6-9,12-13H,5,11,14H2,1-2H3. The fourth-order valence-electron chi connectivity index (χ4n) is 3.53. The highest BCUT2D eigenvalue weighted by molar-refractivity contribution is 7.99. The van der Waals surface area contributed by atoms with E-state index in [0.717, 1.165) is 16.5 Å². The molecule has 0 amide bonds. The number of thioether (sulfide) groups is 1. The minimum Gasteiger partial charge on any atom is -0.346 e. The van der Waals surface area contributed by atoms with Gasteiger partial charge < -0.3 is 4.57 Å². The topological polar surface area (TPSA) is 80.7 Å². The summed E-state index contributed by atoms with van der Waals surface area (Å²) >= 11 is 1.26. The van der Waals surface area contributed by atoms with Crippen LogP contribution in [-0.4, -0.2) is 25.7 Å². The summed E-state index contributed by atoms with van der Waals surface area (Å²) in [5, 5.41) is 10.9. The minimum atomic E-state index is -0.119. The van der Waals surface area contributed by atoms with Crippen molar-refractivity contribution in [2.75, 3.05) is 5.75 Å². The molecule has 0 fully saturated rings. The lowest BCUT2D eigenvalue weighted by Gasteiger charge is -2.08. The molecule has 0 N–H and O–H groups in total. The Morgan fingerprint density at radius 3 is 2.80 bits per heavy atom. The molecule has 2 aromatic heterocycles. The van der Waals surface area contributed by atoms with Crippen LogP contribution in [0.4, 0.5) is 0 Å². The van der Waals surface area contributed by atoms with E-state index < -0.39 is 0 Å². The molecule has 0 aliphatic heterocycles. The molecule has 0 spiro atoms. The van der Waals surface area contributed by atoms with Gasteiger partial charge in [0.2, 0.25) is 0 Å². The Bertz CT molecular complexity index is 1380. The van der Waals surface area contributed by atoms with Crippen molar-refractivity contribution in [3.63, 3.8) is 0 Å². The summed E-state index contributed by atoms with van der Waals surface area (Å²) in [6.45, 7) is 2.48. The molecule has 6 nitrogen and oxygen atoms in total. The lowest BCUT2D eigenvalue weighted by Crippen LogP contribution is -2.20. The molecule has 0 aliphatic carbocycles. The Balaban J connectivity index is 1.63. The van der Waals surface area contributed by atoms with Crippen LogP contribution in [0.25, 0.3) is 21.8 Å². The molecule has 30 heavy (non-hydrogen) atoms. The third-order valence-electron chi connectivity index (χ3n) is 5.08. The number of para-hydroxylation sites is 1. The number of fused-ring (bicyclic) bond motifs is 2. The minimum absolute atomic E-state index is 0.0369. The average molecular weight is 417 g/mol. The Morgan fingerprint density at radius 2 is 2.00 bits per heavy atom. The van der Waals surface area contributed by atoms with Gasteiger partial charge in [-0.25, -0.2) is 4.98 Å². The number of carbonyl (C=O) groups is 1. The van der Waals surface area contributed by atoms with Gasteiger partial charge in [-0.3, -0.25) is 14.2 Å². The number of benzene rings is 2. The molecule has 4 aromatic rings. The van der Waals surface area contributed by atoms with E-state index in [9.17, 15) is 9.59 Å². The number of hydrogen-bond acceptors (Lipinski definition) is 5. The highest BCUT2D eigenvalue weighted by atomic mass is 32.2. The van der Waals surface area contributed by atoms with Crippen molar-refractivity contribution in [2.45, 2.75) is 25.0 Å². The van der Waals surface area contributed by atoms with E-state index in [1.807, 2.05) is 60.2 Å². The van der Waals surface area contributed by atoms with Crippen LogP contribution in [0.3, 0.4) is 0 Å². The molecule has 0 atom stereocenters. The SMILES string of the molecule is Cc1ccc2nc(SCC(=O)c3cn(CCC#N)c4ccccc34)n(C)c(=O)c2c1. The maximum Gasteiger partial charge on any atom is 0.261 e. The third-order valence-corrected chi connectivity index (χ3v) is 6.11. The zero-order valence-corrected chi connectivity index (χ0v) is 17.6. The van der Waals surface area contributed by atoms with Gasteiger partial charge in [0, 0.05) is 36.3 Å². The summed E-state index contributed by atoms with van der Waals surface area (Å²) in [4.78, 5) is 30.3. The van der Waals surface area contributed by atoms with E-state index in [-0.39, 0.29) is 17.1 Å². The quantitative estimate of drug-likeness (QED) is 0.269. The second-order valence-electron chi connectivity index (χ2n) is 7.15. The Morgan fingerprint density at radius 1 is 1.20 bits per heavy atom. The van der Waals surface area contributed by atoms with Crippen LogP contribution in [0.1, 0.15) is 22.3 Å². The Labute approximate surface area is 177 Å². The third kappa shape index (κ3) is 3.62. The number of rotatable bonds is 6. The van der Waals surface area contributed by atoms with E-state index in [1.54, 1.807) is 7.05 Å². The fourth-order valence-corrected chi connectivity index (χ4v) is 4.38. The first-order chi connectivity index (χ1) is 14.5. The fraction of sp³-hybridized carbons (Fsp3) is 0.217. The molecule has 2 heterocycles. The van der Waals surface area contributed by atoms with E-state index in [2.05, 4.69) is 11.1 Å². The first-order valence-electron chi connectivity index (χ1n) is 9.58. The van der Waals surface area contributed by atoms with Crippen LogP contribution in [0.2, 0.25) is 0 Å². The van der Waals surface area contributed by atoms with E-state index in [4.69, 9.17) is 5.26 Å². The zero-order chi connectivity index (χ0) is 21.3. The van der Waals surface area contributed by atoms with Crippen LogP contribution in [-0.2, 0) is 13.6 Å². The summed E-state index contributed by atoms with van der Waals surface area (Å²) < 4.78 is 3.44. The Hall–Kier alpha value is -3.37. The lowest BCUT2D eigenvalue weighted by molar-refractivity contribution is 0.102. The summed E-state index contributed by atoms with van der Waals surface area (Å²) in [7, 11) is 1.68. The van der Waals surface area contributed by atoms with Crippen molar-refractivity contribution in [1.29, 1.82) is 5.26 Å². The summed E-state index contributed by atoms with van der Waals surface area (Å²) in [6, 6.07) is 15.4. The molecule has 0 saturated carbocycles. The molecule has 7 heteroatoms. The second-order valence-corrected chi connectivity index (χ2v) is 8.09. The van der Waals surface area contributed by atoms with E-state index in [1.165, 1.54) is 16.3 Å². The number of aromatic nitrogens is 3. The molecule has 2 aromatic carbocycles. The zero-order valence-electron chi connectivity index (χ0n) is 16.8. The monoisotopic (exact) mass is 416 g/mol. The highest BCUT2D eigenvalue weighted by Crippen LogP contribution is 2.25. The summed E-state index contributed by atoms with van der Waals surface area (Å²) in [5.74, 6) is 0.134. The largest absolute Gasteiger partial charge is 0.346 e. The number of hydrogen-bond donors (Lipinski definition) is 0. The number of nitrogens with zero attached hydrogens (tertiary/aromatic N) is 4. The first-order valence-corrected chi connectivity index (χ1v) is 10.6. The van der Waals surface area contributed by atoms with Crippen molar-refractivity contribution >= 4 is 39.4 Å². The number of carbonyl (C=O) groups excluding carboxylic acids is 1. The molecule has 0 saturated heterocycles. The number of aryl methyl sites for hydroxylation is 2. The van der Waals surface area contributed by atoms with Crippen molar-refractivity contribution in [3.05, 3.63) is 70.1 Å². The van der Waals surface area contributed by atoms with Gasteiger partial charge in [0.05, 0.1) is 29.1 Å². The first kappa shape index (κ1) is 19.9. The van der Waals surface area contributed by atoms with Gasteiger partial charge in [-0.2, -0.15) is 5.26 Å². The molecule has 150 valence electrons. The second kappa shape index (κ2) is 8.17. The molecule has 4 rings (SSSR count). The van der Waals surface area contributed by atoms with Crippen LogP contribution in [0, 0.1) is 18.3 Å². The molecular weight excluding hydrogens is 396 g/mol. The molecule has 0 radical (unpaired) electrons. The molecular formula is C23H20N4O2S. The summed E-state index contributed by atoms with van der Waals surface area (Å²) in [5.41, 5.74) is 3.08. The Kier molecular flexibility index (Phi) is 5.42. The van der Waals surface area contributed by atoms with Gasteiger partial charge in [-0.05, 0) is 25.1 Å². The van der Waals surface area contributed by atoms with Crippen LogP contribution < -0.4 is 5.56 Å². The van der Waals surface area contributed by atoms with Gasteiger partial charge in [-0.1, -0.05) is 41.6 Å². The maximum atomic E-state index is 13.0. The van der Waals surface area contributed by atoms with Gasteiger partial charge in [0.25, 0.3) is 5.56 Å². The maximum absolute atomic E-state index is 13.0. The molecule has 0 aliphatic rings. The molecule has 0 bridgehead atoms.